The number of carbonyl (C=O) groups is 1. The van der Waals surface area contributed by atoms with Crippen LogP contribution >= 0.6 is 23.2 Å². The molecule has 4 nitrogen and oxygen atoms in total. The first-order valence-electron chi connectivity index (χ1n) is 5.89. The van der Waals surface area contributed by atoms with Crippen LogP contribution in [-0.2, 0) is 4.79 Å². The van der Waals surface area contributed by atoms with Crippen molar-refractivity contribution in [3.05, 3.63) is 16.5 Å². The van der Waals surface area contributed by atoms with Gasteiger partial charge < -0.3 is 5.32 Å². The maximum Gasteiger partial charge on any atom is 0.229 e. The van der Waals surface area contributed by atoms with Crippen LogP contribution in [0.2, 0.25) is 10.4 Å². The predicted molar refractivity (Wildman–Crippen MR) is 71.8 cm³/mol. The third-order valence-electron chi connectivity index (χ3n) is 3.49. The Labute approximate surface area is 116 Å². The Morgan fingerprint density at radius 2 is 2.17 bits per heavy atom. The molecule has 0 bridgehead atoms. The molecule has 1 unspecified atom stereocenters. The van der Waals surface area contributed by atoms with E-state index in [0.29, 0.717) is 5.82 Å². The second-order valence-electron chi connectivity index (χ2n) is 5.27. The monoisotopic (exact) mass is 287 g/mol. The van der Waals surface area contributed by atoms with Crippen molar-refractivity contribution in [3.63, 3.8) is 0 Å². The van der Waals surface area contributed by atoms with E-state index in [1.54, 1.807) is 0 Å². The lowest BCUT2D eigenvalue weighted by Crippen LogP contribution is -2.31. The summed E-state index contributed by atoms with van der Waals surface area (Å²) in [6.45, 7) is 4.23. The highest BCUT2D eigenvalue weighted by Gasteiger charge is 2.39. The molecule has 1 aromatic rings. The van der Waals surface area contributed by atoms with Crippen molar-refractivity contribution in [2.75, 3.05) is 5.32 Å². The quantitative estimate of drug-likeness (QED) is 0.669. The highest BCUT2D eigenvalue weighted by molar-refractivity contribution is 6.32. The van der Waals surface area contributed by atoms with Gasteiger partial charge in [-0.1, -0.05) is 31.9 Å². The van der Waals surface area contributed by atoms with Crippen LogP contribution in [0.1, 0.15) is 33.1 Å². The standard InChI is InChI=1S/C12H15Cl2N3O/c1-12(2)5-3-4-7(12)10(18)16-9-6-8(13)15-11(14)17-9/h6-7H,3-5H2,1-2H3,(H,15,16,17,18). The third-order valence-corrected chi connectivity index (χ3v) is 3.86. The summed E-state index contributed by atoms with van der Waals surface area (Å²) in [7, 11) is 0. The van der Waals surface area contributed by atoms with Crippen LogP contribution in [0.15, 0.2) is 6.07 Å². The summed E-state index contributed by atoms with van der Waals surface area (Å²) in [5.41, 5.74) is 0.0324. The van der Waals surface area contributed by atoms with Crippen LogP contribution in [0.4, 0.5) is 5.82 Å². The molecular weight excluding hydrogens is 273 g/mol. The molecule has 1 fully saturated rings. The molecule has 1 saturated carbocycles. The van der Waals surface area contributed by atoms with Gasteiger partial charge in [-0.25, -0.2) is 9.97 Å². The number of nitrogens with zero attached hydrogens (tertiary/aromatic N) is 2. The Hall–Kier alpha value is -0.870. The van der Waals surface area contributed by atoms with Crippen LogP contribution < -0.4 is 5.32 Å². The highest BCUT2D eigenvalue weighted by atomic mass is 35.5. The second-order valence-corrected chi connectivity index (χ2v) is 5.99. The lowest BCUT2D eigenvalue weighted by atomic mass is 9.81. The molecule has 1 heterocycles. The van der Waals surface area contributed by atoms with E-state index in [1.807, 2.05) is 0 Å². The van der Waals surface area contributed by atoms with Gasteiger partial charge in [0.05, 0.1) is 0 Å². The molecule has 6 heteroatoms. The van der Waals surface area contributed by atoms with Gasteiger partial charge in [0.25, 0.3) is 0 Å². The zero-order valence-electron chi connectivity index (χ0n) is 10.3. The first-order chi connectivity index (χ1) is 8.38. The van der Waals surface area contributed by atoms with E-state index < -0.39 is 0 Å². The van der Waals surface area contributed by atoms with E-state index in [9.17, 15) is 4.79 Å². The van der Waals surface area contributed by atoms with E-state index in [1.165, 1.54) is 6.07 Å². The van der Waals surface area contributed by atoms with Gasteiger partial charge in [-0.05, 0) is 29.9 Å². The minimum Gasteiger partial charge on any atom is -0.310 e. The van der Waals surface area contributed by atoms with E-state index in [-0.39, 0.29) is 27.7 Å². The maximum absolute atomic E-state index is 12.2. The van der Waals surface area contributed by atoms with E-state index in [0.717, 1.165) is 19.3 Å². The molecule has 2 rings (SSSR count). The molecular formula is C12H15Cl2N3O. The first-order valence-corrected chi connectivity index (χ1v) is 6.65. The van der Waals surface area contributed by atoms with Gasteiger partial charge in [0, 0.05) is 12.0 Å². The van der Waals surface area contributed by atoms with Crippen molar-refractivity contribution in [2.45, 2.75) is 33.1 Å². The van der Waals surface area contributed by atoms with Crippen LogP contribution in [0.5, 0.6) is 0 Å². The molecule has 0 aliphatic heterocycles. The lowest BCUT2D eigenvalue weighted by molar-refractivity contribution is -0.122. The van der Waals surface area contributed by atoms with E-state index in [4.69, 9.17) is 23.2 Å². The fourth-order valence-corrected chi connectivity index (χ4v) is 2.89. The SMILES string of the molecule is CC1(C)CCCC1C(=O)Nc1cc(Cl)nc(Cl)n1. The van der Waals surface area contributed by atoms with E-state index >= 15 is 0 Å². The highest BCUT2D eigenvalue weighted by Crippen LogP contribution is 2.42. The molecule has 98 valence electrons. The number of aromatic nitrogens is 2. The first kappa shape index (κ1) is 13.6. The number of anilines is 1. The van der Waals surface area contributed by atoms with Gasteiger partial charge in [0.2, 0.25) is 11.2 Å². The van der Waals surface area contributed by atoms with Gasteiger partial charge in [-0.15, -0.1) is 0 Å². The molecule has 1 aliphatic rings. The number of halogens is 2. The molecule has 1 aromatic heterocycles. The number of hydrogen-bond acceptors (Lipinski definition) is 3. The third kappa shape index (κ3) is 2.93. The Kier molecular flexibility index (Phi) is 3.78. The number of rotatable bonds is 2. The van der Waals surface area contributed by atoms with Gasteiger partial charge in [-0.2, -0.15) is 0 Å². The molecule has 0 saturated heterocycles. The van der Waals surface area contributed by atoms with Crippen molar-refractivity contribution in [2.24, 2.45) is 11.3 Å². The molecule has 0 radical (unpaired) electrons. The van der Waals surface area contributed by atoms with Crippen LogP contribution in [0.25, 0.3) is 0 Å². The molecule has 1 aliphatic carbocycles. The minimum atomic E-state index is -0.0247. The summed E-state index contributed by atoms with van der Waals surface area (Å²) in [5.74, 6) is 0.334. The van der Waals surface area contributed by atoms with Gasteiger partial charge >= 0.3 is 0 Å². The maximum atomic E-state index is 12.2. The van der Waals surface area contributed by atoms with Crippen molar-refractivity contribution < 1.29 is 4.79 Å². The van der Waals surface area contributed by atoms with Gasteiger partial charge in [-0.3, -0.25) is 4.79 Å². The zero-order chi connectivity index (χ0) is 13.3. The zero-order valence-corrected chi connectivity index (χ0v) is 11.8. The molecule has 1 amide bonds. The summed E-state index contributed by atoms with van der Waals surface area (Å²) in [5, 5.41) is 3.01. The topological polar surface area (TPSA) is 54.9 Å². The molecule has 18 heavy (non-hydrogen) atoms. The smallest absolute Gasteiger partial charge is 0.229 e. The molecule has 1 atom stereocenters. The summed E-state index contributed by atoms with van der Waals surface area (Å²) in [6, 6.07) is 1.49. The van der Waals surface area contributed by atoms with Crippen molar-refractivity contribution >= 4 is 34.9 Å². The summed E-state index contributed by atoms with van der Waals surface area (Å²) in [6.07, 6.45) is 3.05. The lowest BCUT2D eigenvalue weighted by Gasteiger charge is -2.25. The molecule has 1 N–H and O–H groups in total. The fraction of sp³-hybridized carbons (Fsp3) is 0.583. The Bertz CT molecular complexity index is 456. The number of nitrogens with one attached hydrogen (secondary N) is 1. The largest absolute Gasteiger partial charge is 0.310 e. The van der Waals surface area contributed by atoms with Crippen LogP contribution in [0.3, 0.4) is 0 Å². The summed E-state index contributed by atoms with van der Waals surface area (Å²) in [4.78, 5) is 19.9. The fourth-order valence-electron chi connectivity index (χ4n) is 2.48. The Morgan fingerprint density at radius 1 is 1.44 bits per heavy atom. The Morgan fingerprint density at radius 3 is 2.72 bits per heavy atom. The van der Waals surface area contributed by atoms with Gasteiger partial charge in [0.15, 0.2) is 0 Å². The van der Waals surface area contributed by atoms with Crippen molar-refractivity contribution in [1.82, 2.24) is 9.97 Å². The summed E-state index contributed by atoms with van der Waals surface area (Å²) >= 11 is 11.5. The van der Waals surface area contributed by atoms with Crippen molar-refractivity contribution in [1.29, 1.82) is 0 Å². The second kappa shape index (κ2) is 5.02. The number of carbonyl (C=O) groups excluding carboxylic acids is 1. The van der Waals surface area contributed by atoms with Crippen LogP contribution in [-0.4, -0.2) is 15.9 Å². The Balaban J connectivity index is 2.12. The molecule has 0 spiro atoms. The van der Waals surface area contributed by atoms with Gasteiger partial charge in [0.1, 0.15) is 11.0 Å². The number of hydrogen-bond donors (Lipinski definition) is 1. The normalized spacial score (nSPS) is 21.9. The average molecular weight is 288 g/mol. The number of amides is 1. The predicted octanol–water partition coefficient (Wildman–Crippen LogP) is 3.55. The summed E-state index contributed by atoms with van der Waals surface area (Å²) < 4.78 is 0. The van der Waals surface area contributed by atoms with Crippen molar-refractivity contribution in [3.8, 4) is 0 Å². The molecule has 0 aromatic carbocycles. The average Bonchev–Trinajstić information content (AvgIpc) is 2.56. The van der Waals surface area contributed by atoms with E-state index in [2.05, 4.69) is 29.1 Å². The minimum absolute atomic E-state index is 0.00464. The van der Waals surface area contributed by atoms with Crippen LogP contribution in [0, 0.1) is 11.3 Å².